The minimum Gasteiger partial charge on any atom is -0.515 e. The van der Waals surface area contributed by atoms with Crippen LogP contribution < -0.4 is 0 Å². The molecule has 0 unspecified atom stereocenters. The SMILES string of the molecule is O=CC1=C2C=CC(=N2)C=C2C=CC(=N2)C(=CO)C2=NC(=Cc3ccc1[nH]3)C=C2. The Morgan fingerprint density at radius 2 is 1.61 bits per heavy atom. The Kier molecular flexibility index (Phi) is 3.62. The summed E-state index contributed by atoms with van der Waals surface area (Å²) < 4.78 is 0. The topological polar surface area (TPSA) is 90.2 Å². The molecule has 2 N–H and O–H groups in total. The minimum absolute atomic E-state index is 0.490. The number of H-pyrrole nitrogens is 1. The van der Waals surface area contributed by atoms with Gasteiger partial charge in [0.25, 0.3) is 0 Å². The van der Waals surface area contributed by atoms with Crippen molar-refractivity contribution >= 4 is 35.1 Å². The van der Waals surface area contributed by atoms with E-state index in [1.807, 2.05) is 60.7 Å². The predicted molar refractivity (Wildman–Crippen MR) is 110 cm³/mol. The van der Waals surface area contributed by atoms with Gasteiger partial charge in [0.1, 0.15) is 0 Å². The highest BCUT2D eigenvalue weighted by atomic mass is 16.2. The van der Waals surface area contributed by atoms with Gasteiger partial charge >= 0.3 is 0 Å². The Morgan fingerprint density at radius 3 is 2.32 bits per heavy atom. The van der Waals surface area contributed by atoms with E-state index < -0.39 is 0 Å². The highest BCUT2D eigenvalue weighted by Gasteiger charge is 2.19. The third-order valence-electron chi connectivity index (χ3n) is 4.66. The molecule has 0 amide bonds. The van der Waals surface area contributed by atoms with Gasteiger partial charge in [0, 0.05) is 5.69 Å². The first-order chi connectivity index (χ1) is 13.7. The maximum absolute atomic E-state index is 11.7. The van der Waals surface area contributed by atoms with Crippen LogP contribution in [0.5, 0.6) is 0 Å². The number of nitrogens with zero attached hydrogens (tertiary/aromatic N) is 3. The zero-order chi connectivity index (χ0) is 19.1. The minimum atomic E-state index is 0.490. The lowest BCUT2D eigenvalue weighted by atomic mass is 10.1. The van der Waals surface area contributed by atoms with Crippen molar-refractivity contribution in [1.29, 1.82) is 0 Å². The zero-order valence-electron chi connectivity index (χ0n) is 14.6. The fraction of sp³-hybridized carbons (Fsp3) is 0. The molecular formula is C22H14N4O2. The summed E-state index contributed by atoms with van der Waals surface area (Å²) in [5, 5.41) is 9.75. The molecule has 28 heavy (non-hydrogen) atoms. The lowest BCUT2D eigenvalue weighted by molar-refractivity contribution is -0.103. The molecule has 4 aliphatic heterocycles. The second-order valence-corrected chi connectivity index (χ2v) is 6.46. The summed E-state index contributed by atoms with van der Waals surface area (Å²) in [6, 6.07) is 3.73. The highest BCUT2D eigenvalue weighted by Crippen LogP contribution is 2.26. The van der Waals surface area contributed by atoms with Gasteiger partial charge in [-0.3, -0.25) is 4.79 Å². The Labute approximate surface area is 160 Å². The maximum Gasteiger partial charge on any atom is 0.154 e. The number of aliphatic hydroxyl groups excluding tert-OH is 1. The monoisotopic (exact) mass is 366 g/mol. The standard InChI is InChI=1S/C22H14N4O2/c27-11-17-19-5-1-13(23-19)9-14-2-6-21(24-14)18(12-28)22-8-4-16(26-22)10-15-3-7-20(17)25-15/h1-12,23,28H. The Hall–Kier alpha value is -4.06. The highest BCUT2D eigenvalue weighted by molar-refractivity contribution is 6.33. The molecule has 0 fully saturated rings. The van der Waals surface area contributed by atoms with Crippen molar-refractivity contribution < 1.29 is 9.90 Å². The molecule has 5 rings (SSSR count). The van der Waals surface area contributed by atoms with E-state index in [9.17, 15) is 9.90 Å². The van der Waals surface area contributed by atoms with Crippen LogP contribution in [0, 0.1) is 0 Å². The first-order valence-electron chi connectivity index (χ1n) is 8.71. The third kappa shape index (κ3) is 2.68. The number of aliphatic imine (C=N–C) groups is 3. The van der Waals surface area contributed by atoms with Crippen molar-refractivity contribution in [1.82, 2.24) is 4.98 Å². The van der Waals surface area contributed by atoms with E-state index >= 15 is 0 Å². The summed E-state index contributed by atoms with van der Waals surface area (Å²) in [4.78, 5) is 28.6. The Balaban J connectivity index is 1.72. The molecule has 0 aliphatic carbocycles. The van der Waals surface area contributed by atoms with E-state index in [4.69, 9.17) is 0 Å². The molecule has 0 radical (unpaired) electrons. The van der Waals surface area contributed by atoms with Gasteiger partial charge in [-0.1, -0.05) is 0 Å². The second kappa shape index (κ2) is 6.28. The van der Waals surface area contributed by atoms with E-state index in [1.54, 1.807) is 0 Å². The lowest BCUT2D eigenvalue weighted by Gasteiger charge is -2.02. The number of aliphatic hydroxyl groups is 1. The molecule has 5 heterocycles. The molecular weight excluding hydrogens is 352 g/mol. The normalized spacial score (nSPS) is 21.0. The van der Waals surface area contributed by atoms with Crippen molar-refractivity contribution in [3.05, 3.63) is 95.0 Å². The van der Waals surface area contributed by atoms with Gasteiger partial charge in [-0.05, 0) is 60.7 Å². The average Bonchev–Trinajstić information content (AvgIpc) is 3.47. The lowest BCUT2D eigenvalue weighted by Crippen LogP contribution is -2.07. The van der Waals surface area contributed by atoms with E-state index in [0.717, 1.165) is 23.9 Å². The van der Waals surface area contributed by atoms with Gasteiger partial charge in [-0.2, -0.15) is 0 Å². The molecule has 1 aromatic rings. The zero-order valence-corrected chi connectivity index (χ0v) is 14.6. The fourth-order valence-electron chi connectivity index (χ4n) is 3.31. The third-order valence-corrected chi connectivity index (χ3v) is 4.66. The number of aldehydes is 1. The Bertz CT molecular complexity index is 1220. The molecule has 0 saturated heterocycles. The molecule has 134 valence electrons. The number of fused-ring (bicyclic) bond motifs is 5. The van der Waals surface area contributed by atoms with Crippen molar-refractivity contribution in [3.63, 3.8) is 0 Å². The van der Waals surface area contributed by atoms with Gasteiger partial charge < -0.3 is 10.1 Å². The number of carbonyl (C=O) groups is 1. The molecule has 4 aliphatic rings. The quantitative estimate of drug-likeness (QED) is 0.587. The van der Waals surface area contributed by atoms with E-state index in [-0.39, 0.29) is 0 Å². The first-order valence-corrected chi connectivity index (χ1v) is 8.71. The van der Waals surface area contributed by atoms with Crippen molar-refractivity contribution in [3.8, 4) is 0 Å². The number of carbonyl (C=O) groups excluding carboxylic acids is 1. The number of allylic oxidation sites excluding steroid dienone is 9. The van der Waals surface area contributed by atoms with E-state index in [0.29, 0.717) is 45.4 Å². The van der Waals surface area contributed by atoms with Crippen LogP contribution in [0.4, 0.5) is 0 Å². The van der Waals surface area contributed by atoms with Crippen molar-refractivity contribution in [2.75, 3.05) is 0 Å². The number of hydrogen-bond donors (Lipinski definition) is 2. The van der Waals surface area contributed by atoms with Crippen LogP contribution in [-0.4, -0.2) is 33.5 Å². The molecule has 0 aromatic carbocycles. The number of aromatic amines is 1. The largest absolute Gasteiger partial charge is 0.515 e. The number of aromatic nitrogens is 1. The smallest absolute Gasteiger partial charge is 0.154 e. The predicted octanol–water partition coefficient (Wildman–Crippen LogP) is 3.64. The van der Waals surface area contributed by atoms with Gasteiger partial charge in [-0.15, -0.1) is 0 Å². The molecule has 0 spiro atoms. The van der Waals surface area contributed by atoms with Crippen LogP contribution in [0.1, 0.15) is 11.4 Å². The van der Waals surface area contributed by atoms with Crippen LogP contribution in [-0.2, 0) is 4.79 Å². The number of hydrogen-bond acceptors (Lipinski definition) is 5. The van der Waals surface area contributed by atoms with Crippen LogP contribution in [0.25, 0.3) is 11.6 Å². The average molecular weight is 366 g/mol. The summed E-state index contributed by atoms with van der Waals surface area (Å²) in [5.41, 5.74) is 6.53. The second-order valence-electron chi connectivity index (χ2n) is 6.46. The van der Waals surface area contributed by atoms with Crippen LogP contribution in [0.2, 0.25) is 0 Å². The van der Waals surface area contributed by atoms with Crippen LogP contribution >= 0.6 is 0 Å². The fourth-order valence-corrected chi connectivity index (χ4v) is 3.31. The molecule has 0 saturated carbocycles. The molecule has 0 atom stereocenters. The molecule has 6 nitrogen and oxygen atoms in total. The number of rotatable bonds is 1. The maximum atomic E-state index is 11.7. The summed E-state index contributed by atoms with van der Waals surface area (Å²) >= 11 is 0. The summed E-state index contributed by atoms with van der Waals surface area (Å²) in [6.45, 7) is 0. The van der Waals surface area contributed by atoms with Gasteiger partial charge in [-0.25, -0.2) is 15.0 Å². The summed E-state index contributed by atoms with van der Waals surface area (Å²) in [7, 11) is 0. The summed E-state index contributed by atoms with van der Waals surface area (Å²) in [5.74, 6) is 0. The van der Waals surface area contributed by atoms with E-state index in [2.05, 4.69) is 20.0 Å². The van der Waals surface area contributed by atoms with Crippen LogP contribution in [0.15, 0.2) is 98.6 Å². The van der Waals surface area contributed by atoms with Crippen molar-refractivity contribution in [2.45, 2.75) is 0 Å². The molecule has 8 bridgehead atoms. The summed E-state index contributed by atoms with van der Waals surface area (Å²) in [6.07, 6.45) is 16.6. The van der Waals surface area contributed by atoms with Crippen molar-refractivity contribution in [2.24, 2.45) is 15.0 Å². The molecule has 6 heteroatoms. The number of nitrogens with one attached hydrogen (secondary N) is 1. The molecule has 1 aromatic heterocycles. The van der Waals surface area contributed by atoms with Crippen LogP contribution in [0.3, 0.4) is 0 Å². The van der Waals surface area contributed by atoms with Gasteiger partial charge in [0.15, 0.2) is 6.29 Å². The Morgan fingerprint density at radius 1 is 0.857 bits per heavy atom. The first kappa shape index (κ1) is 16.1. The van der Waals surface area contributed by atoms with E-state index in [1.165, 1.54) is 0 Å². The van der Waals surface area contributed by atoms with Gasteiger partial charge in [0.05, 0.1) is 57.3 Å². The van der Waals surface area contributed by atoms with Gasteiger partial charge in [0.2, 0.25) is 0 Å².